The van der Waals surface area contributed by atoms with Gasteiger partial charge in [0.1, 0.15) is 17.2 Å². The van der Waals surface area contributed by atoms with E-state index in [0.29, 0.717) is 57.4 Å². The van der Waals surface area contributed by atoms with Crippen LogP contribution < -0.4 is 0 Å². The first-order chi connectivity index (χ1) is 13.6. The second kappa shape index (κ2) is 8.59. The summed E-state index contributed by atoms with van der Waals surface area (Å²) in [7, 11) is 0. The van der Waals surface area contributed by atoms with Crippen LogP contribution in [0.1, 0.15) is 57.9 Å². The summed E-state index contributed by atoms with van der Waals surface area (Å²) in [5, 5.41) is 9.38. The van der Waals surface area contributed by atoms with Crippen molar-refractivity contribution in [2.24, 2.45) is 5.92 Å². The summed E-state index contributed by atoms with van der Waals surface area (Å²) in [4.78, 5) is 28.6. The molecule has 1 N–H and O–H groups in total. The van der Waals surface area contributed by atoms with Gasteiger partial charge in [-0.1, -0.05) is 6.07 Å². The van der Waals surface area contributed by atoms with Gasteiger partial charge in [0.2, 0.25) is 5.91 Å². The highest BCUT2D eigenvalue weighted by Gasteiger charge is 2.33. The van der Waals surface area contributed by atoms with Gasteiger partial charge in [0, 0.05) is 38.2 Å². The van der Waals surface area contributed by atoms with Gasteiger partial charge in [0.15, 0.2) is 0 Å². The molecular formula is C22H31FN2O4. The minimum Gasteiger partial charge on any atom is -0.508 e. The van der Waals surface area contributed by atoms with Crippen molar-refractivity contribution in [3.8, 4) is 5.75 Å². The number of aromatic hydroxyl groups is 1. The fraction of sp³-hybridized carbons (Fsp3) is 0.636. The largest absolute Gasteiger partial charge is 0.508 e. The van der Waals surface area contributed by atoms with Crippen LogP contribution in [0.2, 0.25) is 0 Å². The Balaban J connectivity index is 1.48. The second-order valence-electron chi connectivity index (χ2n) is 9.05. The number of phenolic OH excluding ortho intramolecular Hbond substituents is 1. The minimum absolute atomic E-state index is 0.0636. The first-order valence-corrected chi connectivity index (χ1v) is 10.4. The molecular weight excluding hydrogens is 375 g/mol. The maximum atomic E-state index is 14.1. The van der Waals surface area contributed by atoms with Gasteiger partial charge < -0.3 is 19.6 Å². The Hall–Kier alpha value is -2.31. The Morgan fingerprint density at radius 1 is 1.03 bits per heavy atom. The number of hydrogen-bond donors (Lipinski definition) is 1. The molecule has 2 aliphatic rings. The van der Waals surface area contributed by atoms with Gasteiger partial charge in [-0.2, -0.15) is 0 Å². The third-order valence-electron chi connectivity index (χ3n) is 5.73. The zero-order chi connectivity index (χ0) is 21.2. The molecule has 0 radical (unpaired) electrons. The van der Waals surface area contributed by atoms with E-state index in [1.807, 2.05) is 25.7 Å². The number of hydrogen-bond acceptors (Lipinski definition) is 4. The normalized spacial score (nSPS) is 19.3. The van der Waals surface area contributed by atoms with E-state index >= 15 is 0 Å². The summed E-state index contributed by atoms with van der Waals surface area (Å²) in [5.41, 5.74) is 0.0889. The van der Waals surface area contributed by atoms with Crippen LogP contribution in [0.3, 0.4) is 0 Å². The Labute approximate surface area is 171 Å². The molecule has 1 aromatic carbocycles. The summed E-state index contributed by atoms with van der Waals surface area (Å²) < 4.78 is 19.5. The molecule has 0 unspecified atom stereocenters. The van der Waals surface area contributed by atoms with Crippen LogP contribution in [0, 0.1) is 11.7 Å². The van der Waals surface area contributed by atoms with Crippen LogP contribution in [-0.4, -0.2) is 58.7 Å². The van der Waals surface area contributed by atoms with Crippen molar-refractivity contribution in [1.82, 2.24) is 9.80 Å². The van der Waals surface area contributed by atoms with E-state index in [1.165, 1.54) is 6.07 Å². The quantitative estimate of drug-likeness (QED) is 0.809. The molecule has 2 fully saturated rings. The molecule has 2 saturated heterocycles. The van der Waals surface area contributed by atoms with Gasteiger partial charge in [-0.25, -0.2) is 9.18 Å². The predicted octanol–water partition coefficient (Wildman–Crippen LogP) is 3.88. The SMILES string of the molecule is CC(C)(C)OC(=O)N1CCC(C(=O)N2CCC(c3ccc(O)cc3F)CC2)CC1. The van der Waals surface area contributed by atoms with E-state index in [-0.39, 0.29) is 35.4 Å². The second-order valence-corrected chi connectivity index (χ2v) is 9.05. The maximum absolute atomic E-state index is 14.1. The van der Waals surface area contributed by atoms with Crippen molar-refractivity contribution in [1.29, 1.82) is 0 Å². The third-order valence-corrected chi connectivity index (χ3v) is 5.73. The summed E-state index contributed by atoms with van der Waals surface area (Å²) in [6, 6.07) is 4.29. The highest BCUT2D eigenvalue weighted by atomic mass is 19.1. The number of carbonyl (C=O) groups is 2. The lowest BCUT2D eigenvalue weighted by Gasteiger charge is -2.37. The molecule has 2 heterocycles. The minimum atomic E-state index is -0.523. The monoisotopic (exact) mass is 406 g/mol. The molecule has 0 saturated carbocycles. The smallest absolute Gasteiger partial charge is 0.410 e. The molecule has 0 bridgehead atoms. The van der Waals surface area contributed by atoms with Gasteiger partial charge in [0.05, 0.1) is 0 Å². The summed E-state index contributed by atoms with van der Waals surface area (Å²) >= 11 is 0. The number of ether oxygens (including phenoxy) is 1. The number of nitrogens with zero attached hydrogens (tertiary/aromatic N) is 2. The highest BCUT2D eigenvalue weighted by molar-refractivity contribution is 5.79. The standard InChI is InChI=1S/C22H31FN2O4/c1-22(2,3)29-21(28)25-12-8-16(9-13-25)20(27)24-10-6-15(7-11-24)18-5-4-17(26)14-19(18)23/h4-5,14-16,26H,6-13H2,1-3H3. The molecule has 160 valence electrons. The number of amides is 2. The van der Waals surface area contributed by atoms with E-state index in [1.54, 1.807) is 11.0 Å². The number of likely N-dealkylation sites (tertiary alicyclic amines) is 2. The van der Waals surface area contributed by atoms with Crippen LogP contribution in [-0.2, 0) is 9.53 Å². The number of benzene rings is 1. The van der Waals surface area contributed by atoms with Crippen molar-refractivity contribution < 1.29 is 23.8 Å². The zero-order valence-electron chi connectivity index (χ0n) is 17.5. The number of carbonyl (C=O) groups excluding carboxylic acids is 2. The molecule has 0 aromatic heterocycles. The number of piperidine rings is 2. The first-order valence-electron chi connectivity index (χ1n) is 10.4. The Morgan fingerprint density at radius 2 is 1.62 bits per heavy atom. The molecule has 1 aromatic rings. The van der Waals surface area contributed by atoms with Crippen molar-refractivity contribution in [2.45, 2.75) is 58.0 Å². The van der Waals surface area contributed by atoms with Gasteiger partial charge in [-0.15, -0.1) is 0 Å². The van der Waals surface area contributed by atoms with Crippen LogP contribution >= 0.6 is 0 Å². The Kier molecular flexibility index (Phi) is 6.34. The highest BCUT2D eigenvalue weighted by Crippen LogP contribution is 2.32. The van der Waals surface area contributed by atoms with Crippen LogP contribution in [0.5, 0.6) is 5.75 Å². The average Bonchev–Trinajstić information content (AvgIpc) is 2.66. The zero-order valence-corrected chi connectivity index (χ0v) is 17.5. The third kappa shape index (κ3) is 5.40. The Bertz CT molecular complexity index is 746. The van der Waals surface area contributed by atoms with Crippen molar-refractivity contribution >= 4 is 12.0 Å². The molecule has 2 amide bonds. The number of halogens is 1. The summed E-state index contributed by atoms with van der Waals surface area (Å²) in [5.74, 6) is -0.330. The summed E-state index contributed by atoms with van der Waals surface area (Å²) in [6.45, 7) is 7.80. The fourth-order valence-electron chi connectivity index (χ4n) is 4.15. The molecule has 29 heavy (non-hydrogen) atoms. The van der Waals surface area contributed by atoms with Crippen LogP contribution in [0.15, 0.2) is 18.2 Å². The lowest BCUT2D eigenvalue weighted by molar-refractivity contribution is -0.138. The average molecular weight is 406 g/mol. The van der Waals surface area contributed by atoms with Crippen LogP contribution in [0.4, 0.5) is 9.18 Å². The predicted molar refractivity (Wildman–Crippen MR) is 107 cm³/mol. The summed E-state index contributed by atoms with van der Waals surface area (Å²) in [6.07, 6.45) is 2.39. The fourth-order valence-corrected chi connectivity index (χ4v) is 4.15. The van der Waals surface area contributed by atoms with Gasteiger partial charge >= 0.3 is 6.09 Å². The topological polar surface area (TPSA) is 70.1 Å². The van der Waals surface area contributed by atoms with Crippen molar-refractivity contribution in [3.05, 3.63) is 29.6 Å². The molecule has 0 atom stereocenters. The lowest BCUT2D eigenvalue weighted by Crippen LogP contribution is -2.47. The molecule has 0 spiro atoms. The van der Waals surface area contributed by atoms with Crippen LogP contribution in [0.25, 0.3) is 0 Å². The lowest BCUT2D eigenvalue weighted by atomic mass is 9.87. The van der Waals surface area contributed by atoms with Crippen molar-refractivity contribution in [2.75, 3.05) is 26.2 Å². The van der Waals surface area contributed by atoms with E-state index in [0.717, 1.165) is 6.07 Å². The van der Waals surface area contributed by atoms with Crippen molar-refractivity contribution in [3.63, 3.8) is 0 Å². The molecule has 7 heteroatoms. The van der Waals surface area contributed by atoms with E-state index < -0.39 is 5.60 Å². The van der Waals surface area contributed by atoms with Gasteiger partial charge in [-0.3, -0.25) is 4.79 Å². The first kappa shape index (κ1) is 21.4. The Morgan fingerprint density at radius 3 is 2.17 bits per heavy atom. The molecule has 0 aliphatic carbocycles. The van der Waals surface area contributed by atoms with E-state index in [2.05, 4.69) is 0 Å². The maximum Gasteiger partial charge on any atom is 0.410 e. The molecule has 3 rings (SSSR count). The van der Waals surface area contributed by atoms with Gasteiger partial charge in [0.25, 0.3) is 0 Å². The number of rotatable bonds is 2. The molecule has 2 aliphatic heterocycles. The van der Waals surface area contributed by atoms with E-state index in [9.17, 15) is 19.1 Å². The van der Waals surface area contributed by atoms with Gasteiger partial charge in [-0.05, 0) is 64.0 Å². The molecule has 6 nitrogen and oxygen atoms in total. The van der Waals surface area contributed by atoms with E-state index in [4.69, 9.17) is 4.74 Å². The number of phenols is 1.